The Labute approximate surface area is 104 Å². The smallest absolute Gasteiger partial charge is 0.174 e. The van der Waals surface area contributed by atoms with E-state index in [4.69, 9.17) is 4.52 Å². The maximum atomic E-state index is 13.8. The van der Waals surface area contributed by atoms with E-state index >= 15 is 0 Å². The Hall–Kier alpha value is -1.75. The molecule has 0 atom stereocenters. The first-order chi connectivity index (χ1) is 8.63. The van der Waals surface area contributed by atoms with Gasteiger partial charge in [-0.25, -0.2) is 8.78 Å². The van der Waals surface area contributed by atoms with Crippen LogP contribution in [0.2, 0.25) is 0 Å². The summed E-state index contributed by atoms with van der Waals surface area (Å²) in [5.74, 6) is -0.701. The quantitative estimate of drug-likeness (QED) is 0.908. The largest absolute Gasteiger partial charge is 0.356 e. The number of halogens is 2. The van der Waals surface area contributed by atoms with Crippen molar-refractivity contribution < 1.29 is 13.3 Å². The summed E-state index contributed by atoms with van der Waals surface area (Å²) in [5.41, 5.74) is 1.08. The van der Waals surface area contributed by atoms with Crippen LogP contribution >= 0.6 is 0 Å². The second-order valence-electron chi connectivity index (χ2n) is 4.04. The summed E-state index contributed by atoms with van der Waals surface area (Å²) >= 11 is 0. The van der Waals surface area contributed by atoms with Crippen molar-refractivity contribution >= 4 is 0 Å². The predicted octanol–water partition coefficient (Wildman–Crippen LogP) is 3.04. The fourth-order valence-corrected chi connectivity index (χ4v) is 1.69. The summed E-state index contributed by atoms with van der Waals surface area (Å²) in [6, 6.07) is 2.30. The van der Waals surface area contributed by atoms with Gasteiger partial charge in [0.1, 0.15) is 11.6 Å². The minimum atomic E-state index is -0.511. The molecule has 1 aromatic carbocycles. The molecule has 0 saturated heterocycles. The lowest BCUT2D eigenvalue weighted by Gasteiger charge is -2.05. The molecule has 0 aliphatic heterocycles. The Bertz CT molecular complexity index is 552. The Morgan fingerprint density at radius 3 is 2.78 bits per heavy atom. The highest BCUT2D eigenvalue weighted by Crippen LogP contribution is 2.28. The third-order valence-corrected chi connectivity index (χ3v) is 2.70. The lowest BCUT2D eigenvalue weighted by atomic mass is 10.1. The van der Waals surface area contributed by atoms with E-state index in [1.54, 1.807) is 0 Å². The van der Waals surface area contributed by atoms with Crippen molar-refractivity contribution in [2.45, 2.75) is 20.4 Å². The van der Waals surface area contributed by atoms with Crippen LogP contribution in [-0.4, -0.2) is 11.7 Å². The van der Waals surface area contributed by atoms with E-state index in [0.717, 1.165) is 18.7 Å². The van der Waals surface area contributed by atoms with Gasteiger partial charge in [-0.15, -0.1) is 0 Å². The van der Waals surface area contributed by atoms with Gasteiger partial charge in [0, 0.05) is 12.1 Å². The standard InChI is InChI=1S/C13H14F2N2O/c1-3-16-6-9-7-17-18-13(9)10-5-11(14)8(2)4-12(10)15/h4-5,7,16H,3,6H2,1-2H3. The maximum Gasteiger partial charge on any atom is 0.174 e. The van der Waals surface area contributed by atoms with Gasteiger partial charge in [0.05, 0.1) is 11.8 Å². The minimum Gasteiger partial charge on any atom is -0.356 e. The summed E-state index contributed by atoms with van der Waals surface area (Å²) in [4.78, 5) is 0. The Balaban J connectivity index is 2.42. The van der Waals surface area contributed by atoms with E-state index in [0.29, 0.717) is 12.1 Å². The van der Waals surface area contributed by atoms with Gasteiger partial charge in [-0.3, -0.25) is 0 Å². The molecule has 0 aliphatic carbocycles. The summed E-state index contributed by atoms with van der Waals surface area (Å²) in [5, 5.41) is 6.73. The number of aryl methyl sites for hydroxylation is 1. The van der Waals surface area contributed by atoms with Crippen molar-refractivity contribution in [2.24, 2.45) is 0 Å². The van der Waals surface area contributed by atoms with Crippen LogP contribution in [0.4, 0.5) is 8.78 Å². The first-order valence-electron chi connectivity index (χ1n) is 5.73. The molecule has 0 bridgehead atoms. The lowest BCUT2D eigenvalue weighted by molar-refractivity contribution is 0.428. The lowest BCUT2D eigenvalue weighted by Crippen LogP contribution is -2.11. The summed E-state index contributed by atoms with van der Waals surface area (Å²) in [6.45, 7) is 4.75. The van der Waals surface area contributed by atoms with Crippen LogP contribution in [0.15, 0.2) is 22.9 Å². The fraction of sp³-hybridized carbons (Fsp3) is 0.308. The molecule has 2 rings (SSSR count). The summed E-state index contributed by atoms with van der Waals surface area (Å²) in [7, 11) is 0. The van der Waals surface area contributed by atoms with Gasteiger partial charge in [0.2, 0.25) is 0 Å². The molecule has 0 unspecified atom stereocenters. The normalized spacial score (nSPS) is 10.9. The molecule has 3 nitrogen and oxygen atoms in total. The number of nitrogens with one attached hydrogen (secondary N) is 1. The zero-order chi connectivity index (χ0) is 13.1. The van der Waals surface area contributed by atoms with Gasteiger partial charge in [-0.05, 0) is 31.2 Å². The van der Waals surface area contributed by atoms with E-state index in [2.05, 4.69) is 10.5 Å². The Morgan fingerprint density at radius 1 is 1.28 bits per heavy atom. The van der Waals surface area contributed by atoms with Crippen molar-refractivity contribution in [2.75, 3.05) is 6.54 Å². The number of hydrogen-bond donors (Lipinski definition) is 1. The molecule has 18 heavy (non-hydrogen) atoms. The van der Waals surface area contributed by atoms with Gasteiger partial charge < -0.3 is 9.84 Å². The number of hydrogen-bond acceptors (Lipinski definition) is 3. The van der Waals surface area contributed by atoms with E-state index in [9.17, 15) is 8.78 Å². The third-order valence-electron chi connectivity index (χ3n) is 2.70. The van der Waals surface area contributed by atoms with Gasteiger partial charge in [-0.1, -0.05) is 12.1 Å². The van der Waals surface area contributed by atoms with Crippen LogP contribution < -0.4 is 5.32 Å². The molecule has 5 heteroatoms. The van der Waals surface area contributed by atoms with Crippen molar-refractivity contribution in [1.29, 1.82) is 0 Å². The molecular formula is C13H14F2N2O. The highest BCUT2D eigenvalue weighted by Gasteiger charge is 2.16. The van der Waals surface area contributed by atoms with Crippen LogP contribution in [0.25, 0.3) is 11.3 Å². The molecule has 0 amide bonds. The van der Waals surface area contributed by atoms with Gasteiger partial charge in [0.15, 0.2) is 5.76 Å². The molecule has 0 aliphatic rings. The molecule has 0 saturated carbocycles. The van der Waals surface area contributed by atoms with Crippen LogP contribution in [-0.2, 0) is 6.54 Å². The van der Waals surface area contributed by atoms with Crippen LogP contribution in [0.3, 0.4) is 0 Å². The highest BCUT2D eigenvalue weighted by atomic mass is 19.1. The zero-order valence-corrected chi connectivity index (χ0v) is 10.3. The molecule has 2 aromatic rings. The molecule has 1 N–H and O–H groups in total. The molecular weight excluding hydrogens is 238 g/mol. The Morgan fingerprint density at radius 2 is 2.06 bits per heavy atom. The van der Waals surface area contributed by atoms with Crippen LogP contribution in [0, 0.1) is 18.6 Å². The van der Waals surface area contributed by atoms with E-state index in [1.165, 1.54) is 13.1 Å². The average Bonchev–Trinajstić information content (AvgIpc) is 2.79. The molecule has 1 aromatic heterocycles. The molecule has 1 heterocycles. The van der Waals surface area contributed by atoms with Crippen LogP contribution in [0.1, 0.15) is 18.1 Å². The summed E-state index contributed by atoms with van der Waals surface area (Å²) in [6.07, 6.45) is 1.51. The second-order valence-corrected chi connectivity index (χ2v) is 4.04. The van der Waals surface area contributed by atoms with Gasteiger partial charge >= 0.3 is 0 Å². The predicted molar refractivity (Wildman–Crippen MR) is 64.0 cm³/mol. The van der Waals surface area contributed by atoms with E-state index in [-0.39, 0.29) is 16.9 Å². The summed E-state index contributed by atoms with van der Waals surface area (Å²) < 4.78 is 32.3. The van der Waals surface area contributed by atoms with Crippen LogP contribution in [0.5, 0.6) is 0 Å². The molecule has 96 valence electrons. The SMILES string of the molecule is CCNCc1cnoc1-c1cc(F)c(C)cc1F. The maximum absolute atomic E-state index is 13.8. The number of benzene rings is 1. The van der Waals surface area contributed by atoms with Gasteiger partial charge in [-0.2, -0.15) is 0 Å². The molecule has 0 fully saturated rings. The zero-order valence-electron chi connectivity index (χ0n) is 10.3. The van der Waals surface area contributed by atoms with E-state index < -0.39 is 11.6 Å². The first-order valence-corrected chi connectivity index (χ1v) is 5.73. The van der Waals surface area contributed by atoms with Crippen molar-refractivity contribution in [3.8, 4) is 11.3 Å². The van der Waals surface area contributed by atoms with E-state index in [1.807, 2.05) is 6.92 Å². The Kier molecular flexibility index (Phi) is 3.72. The monoisotopic (exact) mass is 252 g/mol. The fourth-order valence-electron chi connectivity index (χ4n) is 1.69. The number of aromatic nitrogens is 1. The average molecular weight is 252 g/mol. The highest BCUT2D eigenvalue weighted by molar-refractivity contribution is 5.62. The number of nitrogens with zero attached hydrogens (tertiary/aromatic N) is 1. The number of rotatable bonds is 4. The second kappa shape index (κ2) is 5.27. The van der Waals surface area contributed by atoms with Crippen molar-refractivity contribution in [3.05, 3.63) is 41.1 Å². The van der Waals surface area contributed by atoms with Crippen molar-refractivity contribution in [3.63, 3.8) is 0 Å². The minimum absolute atomic E-state index is 0.100. The van der Waals surface area contributed by atoms with Crippen molar-refractivity contribution in [1.82, 2.24) is 10.5 Å². The molecule has 0 spiro atoms. The molecule has 0 radical (unpaired) electrons. The topological polar surface area (TPSA) is 38.1 Å². The first kappa shape index (κ1) is 12.7. The third kappa shape index (κ3) is 2.41. The van der Waals surface area contributed by atoms with Gasteiger partial charge in [0.25, 0.3) is 0 Å².